The van der Waals surface area contributed by atoms with Crippen molar-refractivity contribution in [2.24, 2.45) is 0 Å². The maximum Gasteiger partial charge on any atom is 0.265 e. The molecule has 0 spiro atoms. The van der Waals surface area contributed by atoms with Crippen LogP contribution in [-0.2, 0) is 0 Å². The van der Waals surface area contributed by atoms with Crippen molar-refractivity contribution in [3.05, 3.63) is 81.0 Å². The van der Waals surface area contributed by atoms with Crippen molar-refractivity contribution in [1.29, 1.82) is 0 Å². The van der Waals surface area contributed by atoms with E-state index in [9.17, 15) is 19.5 Å². The zero-order valence-corrected chi connectivity index (χ0v) is 21.0. The highest BCUT2D eigenvalue weighted by Crippen LogP contribution is 2.31. The number of para-hydroxylation sites is 1. The lowest BCUT2D eigenvalue weighted by Gasteiger charge is -2.37. The first kappa shape index (κ1) is 24.5. The SMILES string of the molecule is O=C(Nc1cccc2c1C(=O)N(CC(O)CN1CCN(c3ccccc3)CC1)C2=O)c1ccc(Cl)s1. The van der Waals surface area contributed by atoms with Gasteiger partial charge < -0.3 is 15.3 Å². The molecule has 1 saturated heterocycles. The minimum absolute atomic E-state index is 0.112. The van der Waals surface area contributed by atoms with Gasteiger partial charge in [-0.3, -0.25) is 24.2 Å². The predicted molar refractivity (Wildman–Crippen MR) is 140 cm³/mol. The summed E-state index contributed by atoms with van der Waals surface area (Å²) in [6.07, 6.45) is -0.887. The normalized spacial score (nSPS) is 16.8. The number of carbonyl (C=O) groups is 3. The minimum Gasteiger partial charge on any atom is -0.390 e. The third-order valence-electron chi connectivity index (χ3n) is 6.40. The van der Waals surface area contributed by atoms with Crippen LogP contribution in [0.2, 0.25) is 4.34 Å². The van der Waals surface area contributed by atoms with Crippen LogP contribution in [0.25, 0.3) is 0 Å². The van der Waals surface area contributed by atoms with Crippen molar-refractivity contribution in [1.82, 2.24) is 9.80 Å². The Hall–Kier alpha value is -3.24. The largest absolute Gasteiger partial charge is 0.390 e. The summed E-state index contributed by atoms with van der Waals surface area (Å²) in [5.41, 5.74) is 1.79. The second-order valence-electron chi connectivity index (χ2n) is 8.78. The average molecular weight is 525 g/mol. The van der Waals surface area contributed by atoms with Crippen LogP contribution in [0.3, 0.4) is 0 Å². The Morgan fingerprint density at radius 2 is 1.69 bits per heavy atom. The highest BCUT2D eigenvalue weighted by atomic mass is 35.5. The highest BCUT2D eigenvalue weighted by molar-refractivity contribution is 7.18. The van der Waals surface area contributed by atoms with Gasteiger partial charge in [0.2, 0.25) is 0 Å². The second-order valence-corrected chi connectivity index (χ2v) is 10.5. The van der Waals surface area contributed by atoms with Gasteiger partial charge in [0, 0.05) is 38.4 Å². The summed E-state index contributed by atoms with van der Waals surface area (Å²) in [6, 6.07) is 18.2. The van der Waals surface area contributed by atoms with Crippen LogP contribution < -0.4 is 10.2 Å². The number of anilines is 2. The molecule has 0 radical (unpaired) electrons. The van der Waals surface area contributed by atoms with Crippen molar-refractivity contribution in [3.63, 3.8) is 0 Å². The number of nitrogens with zero attached hydrogens (tertiary/aromatic N) is 3. The first-order chi connectivity index (χ1) is 17.4. The van der Waals surface area contributed by atoms with Gasteiger partial charge in [-0.05, 0) is 36.4 Å². The lowest BCUT2D eigenvalue weighted by atomic mass is 10.1. The summed E-state index contributed by atoms with van der Waals surface area (Å²) >= 11 is 7.04. The van der Waals surface area contributed by atoms with Crippen molar-refractivity contribution in [3.8, 4) is 0 Å². The van der Waals surface area contributed by atoms with Gasteiger partial charge in [-0.2, -0.15) is 0 Å². The molecule has 0 saturated carbocycles. The maximum absolute atomic E-state index is 13.2. The number of fused-ring (bicyclic) bond motifs is 1. The maximum atomic E-state index is 13.2. The molecule has 0 bridgehead atoms. The topological polar surface area (TPSA) is 93.2 Å². The van der Waals surface area contributed by atoms with E-state index in [-0.39, 0.29) is 23.4 Å². The van der Waals surface area contributed by atoms with Gasteiger partial charge in [-0.25, -0.2) is 0 Å². The zero-order chi connectivity index (χ0) is 25.2. The molecule has 2 aromatic carbocycles. The number of piperazine rings is 1. The molecule has 36 heavy (non-hydrogen) atoms. The molecule has 1 aromatic heterocycles. The van der Waals surface area contributed by atoms with Gasteiger partial charge in [0.1, 0.15) is 0 Å². The number of carbonyl (C=O) groups excluding carboxylic acids is 3. The Morgan fingerprint density at radius 3 is 2.39 bits per heavy atom. The van der Waals surface area contributed by atoms with Gasteiger partial charge in [-0.1, -0.05) is 35.9 Å². The summed E-state index contributed by atoms with van der Waals surface area (Å²) in [7, 11) is 0. The Labute approximate surface area is 217 Å². The van der Waals surface area contributed by atoms with E-state index < -0.39 is 23.8 Å². The molecule has 5 rings (SSSR count). The molecule has 3 aromatic rings. The number of rotatable bonds is 7. The van der Waals surface area contributed by atoms with Gasteiger partial charge in [0.05, 0.1) is 38.7 Å². The second kappa shape index (κ2) is 10.4. The lowest BCUT2D eigenvalue weighted by molar-refractivity contribution is 0.0469. The quantitative estimate of drug-likeness (QED) is 0.460. The zero-order valence-electron chi connectivity index (χ0n) is 19.4. The molecular formula is C26H25ClN4O4S. The van der Waals surface area contributed by atoms with Crippen LogP contribution in [0.15, 0.2) is 60.7 Å². The van der Waals surface area contributed by atoms with Crippen molar-refractivity contribution in [2.75, 3.05) is 49.5 Å². The fourth-order valence-corrected chi connectivity index (χ4v) is 5.56. The van der Waals surface area contributed by atoms with Crippen LogP contribution in [-0.4, -0.2) is 78.0 Å². The Kier molecular flexibility index (Phi) is 7.06. The van der Waals surface area contributed by atoms with Crippen LogP contribution in [0.5, 0.6) is 0 Å². The van der Waals surface area contributed by atoms with Gasteiger partial charge in [0.15, 0.2) is 0 Å². The third kappa shape index (κ3) is 5.01. The molecule has 3 amide bonds. The Bertz CT molecular complexity index is 1290. The van der Waals surface area contributed by atoms with E-state index in [2.05, 4.69) is 27.2 Å². The fraction of sp³-hybridized carbons (Fsp3) is 0.269. The average Bonchev–Trinajstić information content (AvgIpc) is 3.43. The number of hydrogen-bond donors (Lipinski definition) is 2. The number of aliphatic hydroxyl groups excluding tert-OH is 1. The van der Waals surface area contributed by atoms with Crippen LogP contribution in [0.4, 0.5) is 11.4 Å². The van der Waals surface area contributed by atoms with Crippen LogP contribution in [0.1, 0.15) is 30.4 Å². The molecule has 1 unspecified atom stereocenters. The van der Waals surface area contributed by atoms with Gasteiger partial charge in [-0.15, -0.1) is 11.3 Å². The molecule has 0 aliphatic carbocycles. The molecule has 2 aliphatic heterocycles. The lowest BCUT2D eigenvalue weighted by Crippen LogP contribution is -2.50. The third-order valence-corrected chi connectivity index (χ3v) is 7.63. The van der Waals surface area contributed by atoms with E-state index in [0.29, 0.717) is 15.8 Å². The molecule has 186 valence electrons. The molecule has 10 heteroatoms. The monoisotopic (exact) mass is 524 g/mol. The summed E-state index contributed by atoms with van der Waals surface area (Å²) in [6.45, 7) is 3.47. The minimum atomic E-state index is -0.887. The van der Waals surface area contributed by atoms with E-state index in [0.717, 1.165) is 42.4 Å². The van der Waals surface area contributed by atoms with Crippen molar-refractivity contribution < 1.29 is 19.5 Å². The van der Waals surface area contributed by atoms with E-state index in [1.54, 1.807) is 30.3 Å². The van der Waals surface area contributed by atoms with Crippen LogP contribution >= 0.6 is 22.9 Å². The van der Waals surface area contributed by atoms with E-state index >= 15 is 0 Å². The number of imide groups is 1. The molecule has 2 aliphatic rings. The predicted octanol–water partition coefficient (Wildman–Crippen LogP) is 3.43. The highest BCUT2D eigenvalue weighted by Gasteiger charge is 2.39. The molecule has 8 nitrogen and oxygen atoms in total. The standard InChI is InChI=1S/C26H25ClN4O4S/c27-22-10-9-21(36-22)24(33)28-20-8-4-7-19-23(20)26(35)31(25(19)34)16-18(32)15-29-11-13-30(14-12-29)17-5-2-1-3-6-17/h1-10,18,32H,11-16H2,(H,28,33). The Balaban J connectivity index is 1.20. The first-order valence-corrected chi connectivity index (χ1v) is 12.9. The number of halogens is 1. The van der Waals surface area contributed by atoms with Crippen molar-refractivity contribution in [2.45, 2.75) is 6.10 Å². The molecule has 1 atom stereocenters. The summed E-state index contributed by atoms with van der Waals surface area (Å²) in [4.78, 5) is 44.7. The number of aliphatic hydroxyl groups is 1. The van der Waals surface area contributed by atoms with Gasteiger partial charge in [0.25, 0.3) is 17.7 Å². The number of amides is 3. The summed E-state index contributed by atoms with van der Waals surface area (Å²) in [5, 5.41) is 13.5. The smallest absolute Gasteiger partial charge is 0.265 e. The summed E-state index contributed by atoms with van der Waals surface area (Å²) in [5.74, 6) is -1.41. The fourth-order valence-electron chi connectivity index (χ4n) is 4.62. The number of thiophene rings is 1. The summed E-state index contributed by atoms with van der Waals surface area (Å²) < 4.78 is 0.478. The molecular weight excluding hydrogens is 500 g/mol. The Morgan fingerprint density at radius 1 is 0.944 bits per heavy atom. The molecule has 2 N–H and O–H groups in total. The van der Waals surface area contributed by atoms with Crippen LogP contribution in [0, 0.1) is 0 Å². The number of β-amino-alcohol motifs (C(OH)–C–C–N with tert-alkyl or cyclic N) is 1. The van der Waals surface area contributed by atoms with E-state index in [4.69, 9.17) is 11.6 Å². The first-order valence-electron chi connectivity index (χ1n) is 11.7. The van der Waals surface area contributed by atoms with Gasteiger partial charge >= 0.3 is 0 Å². The van der Waals surface area contributed by atoms with E-state index in [1.807, 2.05) is 18.2 Å². The molecule has 3 heterocycles. The van der Waals surface area contributed by atoms with E-state index in [1.165, 1.54) is 5.69 Å². The van der Waals surface area contributed by atoms with Crippen molar-refractivity contribution >= 4 is 52.0 Å². The number of nitrogens with one attached hydrogen (secondary N) is 1. The number of benzene rings is 2. The molecule has 1 fully saturated rings. The number of hydrogen-bond acceptors (Lipinski definition) is 7.